The zero-order chi connectivity index (χ0) is 13.4. The van der Waals surface area contributed by atoms with E-state index in [1.54, 1.807) is 0 Å². The van der Waals surface area contributed by atoms with Crippen LogP contribution in [0.5, 0.6) is 0 Å². The van der Waals surface area contributed by atoms with Crippen LogP contribution in [0.2, 0.25) is 0 Å². The first-order valence-electron chi connectivity index (χ1n) is 5.57. The maximum absolute atomic E-state index is 12.7. The molecule has 6 heteroatoms. The fourth-order valence-corrected chi connectivity index (χ4v) is 1.77. The summed E-state index contributed by atoms with van der Waals surface area (Å²) < 4.78 is 38.2. The van der Waals surface area contributed by atoms with Crippen LogP contribution in [0.15, 0.2) is 24.3 Å². The number of hydrogen-bond donors (Lipinski definition) is 2. The number of alkyl halides is 3. The lowest BCUT2D eigenvalue weighted by atomic mass is 10.1. The summed E-state index contributed by atoms with van der Waals surface area (Å²) in [5.41, 5.74) is 3.70. The molecule has 1 aliphatic carbocycles. The third kappa shape index (κ3) is 2.48. The Morgan fingerprint density at radius 2 is 1.94 bits per heavy atom. The van der Waals surface area contributed by atoms with Gasteiger partial charge in [-0.25, -0.2) is 0 Å². The van der Waals surface area contributed by atoms with Crippen molar-refractivity contribution in [2.45, 2.75) is 24.6 Å². The largest absolute Gasteiger partial charge is 0.417 e. The molecular weight excluding hydrogens is 245 g/mol. The van der Waals surface area contributed by atoms with Crippen molar-refractivity contribution in [1.29, 1.82) is 0 Å². The number of nitrogens with two attached hydrogens (primary N) is 1. The van der Waals surface area contributed by atoms with E-state index in [0.29, 0.717) is 12.8 Å². The van der Waals surface area contributed by atoms with Crippen LogP contribution in [-0.4, -0.2) is 18.0 Å². The molecule has 1 fully saturated rings. The Hall–Kier alpha value is -1.56. The van der Waals surface area contributed by atoms with Gasteiger partial charge in [0.25, 0.3) is 5.91 Å². The maximum atomic E-state index is 12.7. The highest BCUT2D eigenvalue weighted by Crippen LogP contribution is 2.36. The molecule has 1 amide bonds. The SMILES string of the molecule is NCC1(NC(=O)c2ccccc2C(F)(F)F)CC1. The van der Waals surface area contributed by atoms with Crippen molar-refractivity contribution < 1.29 is 18.0 Å². The van der Waals surface area contributed by atoms with Crippen LogP contribution in [0.3, 0.4) is 0 Å². The van der Waals surface area contributed by atoms with Crippen LogP contribution in [-0.2, 0) is 6.18 Å². The Morgan fingerprint density at radius 1 is 1.33 bits per heavy atom. The van der Waals surface area contributed by atoms with E-state index in [9.17, 15) is 18.0 Å². The van der Waals surface area contributed by atoms with Gasteiger partial charge >= 0.3 is 6.18 Å². The molecule has 1 saturated carbocycles. The fourth-order valence-electron chi connectivity index (χ4n) is 1.77. The number of amides is 1. The highest BCUT2D eigenvalue weighted by Gasteiger charge is 2.44. The molecule has 1 aromatic carbocycles. The molecule has 0 aliphatic heterocycles. The normalized spacial score (nSPS) is 17.3. The minimum absolute atomic E-state index is 0.243. The second-order valence-corrected chi connectivity index (χ2v) is 4.48. The zero-order valence-corrected chi connectivity index (χ0v) is 9.55. The molecule has 3 nitrogen and oxygen atoms in total. The van der Waals surface area contributed by atoms with Gasteiger partial charge in [0.1, 0.15) is 0 Å². The van der Waals surface area contributed by atoms with Gasteiger partial charge in [-0.05, 0) is 25.0 Å². The Bertz CT molecular complexity index is 467. The predicted octanol–water partition coefficient (Wildman–Crippen LogP) is 1.93. The molecule has 0 saturated heterocycles. The van der Waals surface area contributed by atoms with E-state index in [0.717, 1.165) is 6.07 Å². The lowest BCUT2D eigenvalue weighted by molar-refractivity contribution is -0.137. The number of halogens is 3. The summed E-state index contributed by atoms with van der Waals surface area (Å²) in [4.78, 5) is 11.9. The molecule has 18 heavy (non-hydrogen) atoms. The zero-order valence-electron chi connectivity index (χ0n) is 9.55. The molecule has 2 rings (SSSR count). The highest BCUT2D eigenvalue weighted by atomic mass is 19.4. The van der Waals surface area contributed by atoms with Crippen LogP contribution < -0.4 is 11.1 Å². The van der Waals surface area contributed by atoms with Gasteiger partial charge in [0.15, 0.2) is 0 Å². The lowest BCUT2D eigenvalue weighted by Crippen LogP contribution is -2.42. The highest BCUT2D eigenvalue weighted by molar-refractivity contribution is 5.96. The van der Waals surface area contributed by atoms with Gasteiger partial charge < -0.3 is 11.1 Å². The molecule has 0 radical (unpaired) electrons. The van der Waals surface area contributed by atoms with Crippen LogP contribution in [0.4, 0.5) is 13.2 Å². The average Bonchev–Trinajstić information content (AvgIpc) is 3.08. The molecule has 98 valence electrons. The second kappa shape index (κ2) is 4.28. The molecule has 0 heterocycles. The average molecular weight is 258 g/mol. The van der Waals surface area contributed by atoms with Crippen LogP contribution in [0.1, 0.15) is 28.8 Å². The Morgan fingerprint density at radius 3 is 2.44 bits per heavy atom. The predicted molar refractivity (Wildman–Crippen MR) is 59.9 cm³/mol. The number of rotatable bonds is 3. The number of hydrogen-bond acceptors (Lipinski definition) is 2. The van der Waals surface area contributed by atoms with Crippen LogP contribution in [0.25, 0.3) is 0 Å². The first-order valence-corrected chi connectivity index (χ1v) is 5.57. The Kier molecular flexibility index (Phi) is 3.06. The van der Waals surface area contributed by atoms with Gasteiger partial charge in [0.2, 0.25) is 0 Å². The van der Waals surface area contributed by atoms with E-state index >= 15 is 0 Å². The van der Waals surface area contributed by atoms with Crippen molar-refractivity contribution >= 4 is 5.91 Å². The molecule has 1 aliphatic rings. The van der Waals surface area contributed by atoms with Gasteiger partial charge in [0, 0.05) is 6.54 Å². The van der Waals surface area contributed by atoms with Crippen molar-refractivity contribution in [3.05, 3.63) is 35.4 Å². The number of carbonyl (C=O) groups is 1. The van der Waals surface area contributed by atoms with E-state index in [4.69, 9.17) is 5.73 Å². The summed E-state index contributed by atoms with van der Waals surface area (Å²) in [6.07, 6.45) is -3.11. The smallest absolute Gasteiger partial charge is 0.345 e. The molecule has 0 bridgehead atoms. The summed E-state index contributed by atoms with van der Waals surface area (Å²) in [7, 11) is 0. The van der Waals surface area contributed by atoms with Crippen LogP contribution in [0, 0.1) is 0 Å². The minimum Gasteiger partial charge on any atom is -0.345 e. The summed E-state index contributed by atoms with van der Waals surface area (Å²) in [6, 6.07) is 4.74. The van der Waals surface area contributed by atoms with E-state index in [2.05, 4.69) is 5.32 Å². The van der Waals surface area contributed by atoms with Gasteiger partial charge in [-0.3, -0.25) is 4.79 Å². The van der Waals surface area contributed by atoms with Gasteiger partial charge in [0.05, 0.1) is 16.7 Å². The molecule has 0 unspecified atom stereocenters. The topological polar surface area (TPSA) is 55.1 Å². The maximum Gasteiger partial charge on any atom is 0.417 e. The van der Waals surface area contributed by atoms with E-state index in [1.807, 2.05) is 0 Å². The van der Waals surface area contributed by atoms with Crippen molar-refractivity contribution in [3.63, 3.8) is 0 Å². The number of carbonyl (C=O) groups excluding carboxylic acids is 1. The van der Waals surface area contributed by atoms with Gasteiger partial charge in [-0.15, -0.1) is 0 Å². The first kappa shape index (κ1) is 12.9. The third-order valence-electron chi connectivity index (χ3n) is 3.10. The van der Waals surface area contributed by atoms with E-state index in [1.165, 1.54) is 18.2 Å². The molecule has 0 atom stereocenters. The van der Waals surface area contributed by atoms with Gasteiger partial charge in [-0.1, -0.05) is 12.1 Å². The van der Waals surface area contributed by atoms with Gasteiger partial charge in [-0.2, -0.15) is 13.2 Å². The van der Waals surface area contributed by atoms with Crippen molar-refractivity contribution in [2.24, 2.45) is 5.73 Å². The third-order valence-corrected chi connectivity index (χ3v) is 3.10. The summed E-state index contributed by atoms with van der Waals surface area (Å²) >= 11 is 0. The standard InChI is InChI=1S/C12H13F3N2O/c13-12(14,15)9-4-2-1-3-8(9)10(18)17-11(7-16)5-6-11/h1-4H,5-7,16H2,(H,17,18). The van der Waals surface area contributed by atoms with E-state index in [-0.39, 0.29) is 12.1 Å². The van der Waals surface area contributed by atoms with Crippen molar-refractivity contribution in [1.82, 2.24) is 5.32 Å². The summed E-state index contributed by atoms with van der Waals surface area (Å²) in [5, 5.41) is 2.58. The molecule has 0 aromatic heterocycles. The number of benzene rings is 1. The summed E-state index contributed by atoms with van der Waals surface area (Å²) in [5.74, 6) is -0.717. The monoisotopic (exact) mass is 258 g/mol. The lowest BCUT2D eigenvalue weighted by Gasteiger charge is -2.17. The minimum atomic E-state index is -4.53. The van der Waals surface area contributed by atoms with Crippen molar-refractivity contribution in [2.75, 3.05) is 6.54 Å². The molecule has 0 spiro atoms. The van der Waals surface area contributed by atoms with Crippen molar-refractivity contribution in [3.8, 4) is 0 Å². The Labute approximate surface area is 102 Å². The molecule has 1 aromatic rings. The molecule has 3 N–H and O–H groups in total. The fraction of sp³-hybridized carbons (Fsp3) is 0.417. The van der Waals surface area contributed by atoms with Crippen LogP contribution >= 0.6 is 0 Å². The quantitative estimate of drug-likeness (QED) is 0.870. The number of nitrogens with one attached hydrogen (secondary N) is 1. The molecular formula is C12H13F3N2O. The first-order chi connectivity index (χ1) is 8.38. The second-order valence-electron chi connectivity index (χ2n) is 4.48. The summed E-state index contributed by atoms with van der Waals surface area (Å²) in [6.45, 7) is 0.243. The Balaban J connectivity index is 2.25. The van der Waals surface area contributed by atoms with E-state index < -0.39 is 23.2 Å².